The van der Waals surface area contributed by atoms with Crippen molar-refractivity contribution in [1.29, 1.82) is 5.26 Å². The topological polar surface area (TPSA) is 76.4 Å². The molecule has 3 saturated carbocycles. The third kappa shape index (κ3) is 3.29. The van der Waals surface area contributed by atoms with Crippen LogP contribution < -0.4 is 0 Å². The summed E-state index contributed by atoms with van der Waals surface area (Å²) in [6, 6.07) is 2.50. The van der Waals surface area contributed by atoms with E-state index < -0.39 is 0 Å². The Kier molecular flexibility index (Phi) is 5.25. The highest BCUT2D eigenvalue weighted by atomic mass is 16.5. The molecule has 29 heavy (non-hydrogen) atoms. The summed E-state index contributed by atoms with van der Waals surface area (Å²) in [6.45, 7) is 5.31. The van der Waals surface area contributed by atoms with E-state index in [-0.39, 0.29) is 35.0 Å². The van der Waals surface area contributed by atoms with Crippen molar-refractivity contribution in [3.8, 4) is 6.07 Å². The molecule has 4 rings (SSSR count). The summed E-state index contributed by atoms with van der Waals surface area (Å²) in [6.07, 6.45) is 10.7. The van der Waals surface area contributed by atoms with Gasteiger partial charge in [-0.05, 0) is 62.7 Å². The summed E-state index contributed by atoms with van der Waals surface area (Å²) < 4.78 is 11.3. The van der Waals surface area contributed by atoms with Crippen LogP contribution in [0.3, 0.4) is 0 Å². The minimum atomic E-state index is -0.215. The molecule has 158 valence electrons. The molecule has 0 spiro atoms. The number of hydrogen-bond acceptors (Lipinski definition) is 5. The number of nitrogens with zero attached hydrogens (tertiary/aromatic N) is 1. The molecule has 5 heteroatoms. The molecule has 0 aliphatic heterocycles. The van der Waals surface area contributed by atoms with E-state index >= 15 is 0 Å². The molecular formula is C24H33NO4. The van der Waals surface area contributed by atoms with Gasteiger partial charge in [0.15, 0.2) is 0 Å². The van der Waals surface area contributed by atoms with Crippen LogP contribution in [0, 0.1) is 39.9 Å². The first kappa shape index (κ1) is 20.4. The molecule has 0 heterocycles. The SMILES string of the molecule is CC(=O)O[C@H]1CC[C@@]2(CC#N)C(=CC[C@@H]3[C@@H]2CC[C@]2(C)[C@@H](OC(C)=O)CC[C@@H]32)C1. The predicted octanol–water partition coefficient (Wildman–Crippen LogP) is 4.71. The van der Waals surface area contributed by atoms with Crippen LogP contribution >= 0.6 is 0 Å². The number of allylic oxidation sites excluding steroid dienone is 1. The molecule has 4 aliphatic carbocycles. The molecule has 7 atom stereocenters. The van der Waals surface area contributed by atoms with Gasteiger partial charge in [-0.25, -0.2) is 0 Å². The number of esters is 2. The third-order valence-corrected chi connectivity index (χ3v) is 8.73. The highest BCUT2D eigenvalue weighted by Crippen LogP contribution is 2.66. The van der Waals surface area contributed by atoms with Gasteiger partial charge in [0, 0.05) is 37.5 Å². The summed E-state index contributed by atoms with van der Waals surface area (Å²) >= 11 is 0. The zero-order valence-electron chi connectivity index (χ0n) is 17.9. The molecule has 0 aromatic rings. The van der Waals surface area contributed by atoms with Crippen molar-refractivity contribution in [2.24, 2.45) is 28.6 Å². The van der Waals surface area contributed by atoms with Crippen LogP contribution in [0.25, 0.3) is 0 Å². The molecule has 0 bridgehead atoms. The summed E-state index contributed by atoms with van der Waals surface area (Å²) in [7, 11) is 0. The van der Waals surface area contributed by atoms with Crippen molar-refractivity contribution < 1.29 is 19.1 Å². The Hall–Kier alpha value is -1.83. The second kappa shape index (κ2) is 7.45. The van der Waals surface area contributed by atoms with Gasteiger partial charge in [0.25, 0.3) is 0 Å². The maximum absolute atomic E-state index is 11.6. The highest BCUT2D eigenvalue weighted by molar-refractivity contribution is 5.66. The van der Waals surface area contributed by atoms with E-state index in [0.29, 0.717) is 24.2 Å². The van der Waals surface area contributed by atoms with E-state index in [9.17, 15) is 14.9 Å². The lowest BCUT2D eigenvalue weighted by Gasteiger charge is -2.58. The molecule has 0 radical (unpaired) electrons. The van der Waals surface area contributed by atoms with Crippen LogP contribution in [0.1, 0.15) is 78.6 Å². The average molecular weight is 400 g/mol. The standard InChI is InChI=1S/C24H33NO4/c1-15(26)28-18-8-11-24(12-13-25)17(14-18)4-5-19-20-6-7-22(29-16(2)27)23(20,3)10-9-21(19)24/h4,18-22H,5-12,14H2,1-3H3/t18-,19-,20-,21-,22-,23-,24+/m0/s1. The van der Waals surface area contributed by atoms with Crippen molar-refractivity contribution in [2.75, 3.05) is 0 Å². The van der Waals surface area contributed by atoms with Crippen LogP contribution in [-0.2, 0) is 19.1 Å². The first-order valence-corrected chi connectivity index (χ1v) is 11.2. The largest absolute Gasteiger partial charge is 0.462 e. The summed E-state index contributed by atoms with van der Waals surface area (Å²) in [4.78, 5) is 23.1. The Morgan fingerprint density at radius 3 is 2.55 bits per heavy atom. The Morgan fingerprint density at radius 2 is 1.86 bits per heavy atom. The average Bonchev–Trinajstić information content (AvgIpc) is 2.97. The summed E-state index contributed by atoms with van der Waals surface area (Å²) in [5, 5.41) is 9.71. The quantitative estimate of drug-likeness (QED) is 0.507. The number of hydrogen-bond donors (Lipinski definition) is 0. The van der Waals surface area contributed by atoms with Crippen molar-refractivity contribution >= 4 is 11.9 Å². The van der Waals surface area contributed by atoms with Crippen molar-refractivity contribution in [3.05, 3.63) is 11.6 Å². The molecular weight excluding hydrogens is 366 g/mol. The number of ether oxygens (including phenoxy) is 2. The monoisotopic (exact) mass is 399 g/mol. The second-order valence-electron chi connectivity index (χ2n) is 10.0. The van der Waals surface area contributed by atoms with Gasteiger partial charge >= 0.3 is 11.9 Å². The predicted molar refractivity (Wildman–Crippen MR) is 107 cm³/mol. The Morgan fingerprint density at radius 1 is 1.10 bits per heavy atom. The zero-order chi connectivity index (χ0) is 20.8. The van der Waals surface area contributed by atoms with Crippen LogP contribution in [0.5, 0.6) is 0 Å². The van der Waals surface area contributed by atoms with Crippen LogP contribution in [-0.4, -0.2) is 24.1 Å². The molecule has 3 fully saturated rings. The van der Waals surface area contributed by atoms with E-state index in [4.69, 9.17) is 9.47 Å². The number of carbonyl (C=O) groups excluding carboxylic acids is 2. The fourth-order valence-electron chi connectivity index (χ4n) is 7.58. The van der Waals surface area contributed by atoms with Crippen molar-refractivity contribution in [3.63, 3.8) is 0 Å². The molecule has 0 aromatic carbocycles. The van der Waals surface area contributed by atoms with Crippen LogP contribution in [0.4, 0.5) is 0 Å². The summed E-state index contributed by atoms with van der Waals surface area (Å²) in [5.74, 6) is 1.22. The molecule has 0 saturated heterocycles. The van der Waals surface area contributed by atoms with Gasteiger partial charge in [-0.3, -0.25) is 9.59 Å². The lowest BCUT2D eigenvalue weighted by Crippen LogP contribution is -2.52. The van der Waals surface area contributed by atoms with Crippen LogP contribution in [0.2, 0.25) is 0 Å². The van der Waals surface area contributed by atoms with Gasteiger partial charge in [-0.1, -0.05) is 18.6 Å². The van der Waals surface area contributed by atoms with Gasteiger partial charge in [0.1, 0.15) is 12.2 Å². The van der Waals surface area contributed by atoms with Gasteiger partial charge in [-0.2, -0.15) is 5.26 Å². The fraction of sp³-hybridized carbons (Fsp3) is 0.792. The smallest absolute Gasteiger partial charge is 0.302 e. The zero-order valence-corrected chi connectivity index (χ0v) is 17.9. The van der Waals surface area contributed by atoms with Crippen molar-refractivity contribution in [2.45, 2.75) is 90.8 Å². The maximum Gasteiger partial charge on any atom is 0.302 e. The van der Waals surface area contributed by atoms with E-state index in [1.54, 1.807) is 0 Å². The molecule has 5 nitrogen and oxygen atoms in total. The number of rotatable bonds is 3. The van der Waals surface area contributed by atoms with E-state index in [1.807, 2.05) is 0 Å². The fourth-order valence-corrected chi connectivity index (χ4v) is 7.58. The normalized spacial score (nSPS) is 43.1. The van der Waals surface area contributed by atoms with Gasteiger partial charge < -0.3 is 9.47 Å². The van der Waals surface area contributed by atoms with Crippen LogP contribution in [0.15, 0.2) is 11.6 Å². The summed E-state index contributed by atoms with van der Waals surface area (Å²) in [5.41, 5.74) is 1.35. The van der Waals surface area contributed by atoms with Gasteiger partial charge in [0.05, 0.1) is 6.07 Å². The minimum Gasteiger partial charge on any atom is -0.462 e. The van der Waals surface area contributed by atoms with E-state index in [2.05, 4.69) is 19.1 Å². The maximum atomic E-state index is 11.6. The molecule has 0 unspecified atom stereocenters. The molecule has 0 N–H and O–H groups in total. The molecule has 0 amide bonds. The van der Waals surface area contributed by atoms with Crippen molar-refractivity contribution in [1.82, 2.24) is 0 Å². The number of nitriles is 1. The Balaban J connectivity index is 1.62. The highest BCUT2D eigenvalue weighted by Gasteiger charge is 2.60. The minimum absolute atomic E-state index is 0.0305. The first-order chi connectivity index (χ1) is 13.8. The lowest BCUT2D eigenvalue weighted by atomic mass is 9.46. The Bertz CT molecular complexity index is 767. The van der Waals surface area contributed by atoms with Gasteiger partial charge in [-0.15, -0.1) is 0 Å². The molecule has 4 aliphatic rings. The van der Waals surface area contributed by atoms with E-state index in [0.717, 1.165) is 51.4 Å². The van der Waals surface area contributed by atoms with Gasteiger partial charge in [0.2, 0.25) is 0 Å². The first-order valence-electron chi connectivity index (χ1n) is 11.2. The second-order valence-corrected chi connectivity index (χ2v) is 10.0. The number of fused-ring (bicyclic) bond motifs is 5. The third-order valence-electron chi connectivity index (χ3n) is 8.73. The lowest BCUT2D eigenvalue weighted by molar-refractivity contribution is -0.157. The molecule has 0 aromatic heterocycles. The number of carbonyl (C=O) groups is 2. The van der Waals surface area contributed by atoms with E-state index in [1.165, 1.54) is 19.4 Å². The Labute approximate surface area is 173 Å².